The van der Waals surface area contributed by atoms with E-state index in [1.165, 1.54) is 12.8 Å². The summed E-state index contributed by atoms with van der Waals surface area (Å²) < 4.78 is 0. The predicted octanol–water partition coefficient (Wildman–Crippen LogP) is 2.38. The quantitative estimate of drug-likeness (QED) is 0.514. The second-order valence-corrected chi connectivity index (χ2v) is 3.88. The summed E-state index contributed by atoms with van der Waals surface area (Å²) in [6.45, 7) is 3.85. The Labute approximate surface area is 61.6 Å². The molecule has 3 saturated carbocycles. The summed E-state index contributed by atoms with van der Waals surface area (Å²) in [5.41, 5.74) is 1.57. The van der Waals surface area contributed by atoms with Crippen LogP contribution in [0.3, 0.4) is 0 Å². The monoisotopic (exact) mass is 132 g/mol. The maximum absolute atomic E-state index is 3.85. The number of hydrogen-bond donors (Lipinski definition) is 0. The molecule has 5 rings (SSSR count). The number of rotatable bonds is 1. The van der Waals surface area contributed by atoms with E-state index in [0.29, 0.717) is 0 Å². The van der Waals surface area contributed by atoms with Crippen LogP contribution in [-0.4, -0.2) is 0 Å². The van der Waals surface area contributed by atoms with E-state index in [1.54, 1.807) is 5.57 Å². The van der Waals surface area contributed by atoms with E-state index < -0.39 is 0 Å². The van der Waals surface area contributed by atoms with Crippen LogP contribution in [-0.2, 0) is 0 Å². The summed E-state index contributed by atoms with van der Waals surface area (Å²) in [6.07, 6.45) is 7.53. The van der Waals surface area contributed by atoms with Gasteiger partial charge in [-0.25, -0.2) is 0 Å². The minimum absolute atomic E-state index is 0.961. The van der Waals surface area contributed by atoms with Crippen LogP contribution in [0.4, 0.5) is 0 Å². The topological polar surface area (TPSA) is 0 Å². The highest BCUT2D eigenvalue weighted by Crippen LogP contribution is 2.66. The lowest BCUT2D eigenvalue weighted by atomic mass is 9.68. The van der Waals surface area contributed by atoms with Gasteiger partial charge >= 0.3 is 0 Å². The van der Waals surface area contributed by atoms with Crippen molar-refractivity contribution in [3.63, 3.8) is 0 Å². The third-order valence-corrected chi connectivity index (χ3v) is 3.75. The standard InChI is InChI=1S/C10H12/c1-2-6-5-9-7-3-4-8(9)10(6)7/h2,5,7-10H,1,3-4H2. The first kappa shape index (κ1) is 5.17. The molecular formula is C10H12. The molecule has 0 spiro atoms. The van der Waals surface area contributed by atoms with Crippen LogP contribution in [0.2, 0.25) is 0 Å². The van der Waals surface area contributed by atoms with Gasteiger partial charge in [0.25, 0.3) is 0 Å². The highest BCUT2D eigenvalue weighted by molar-refractivity contribution is 5.38. The summed E-state index contributed by atoms with van der Waals surface area (Å²) in [5.74, 6) is 4.05. The molecule has 5 aliphatic rings. The van der Waals surface area contributed by atoms with Crippen molar-refractivity contribution in [2.24, 2.45) is 23.7 Å². The summed E-state index contributed by atoms with van der Waals surface area (Å²) >= 11 is 0. The minimum atomic E-state index is 0.961. The van der Waals surface area contributed by atoms with Gasteiger partial charge in [-0.1, -0.05) is 18.7 Å². The molecule has 0 aromatic heterocycles. The Kier molecular flexibility index (Phi) is 0.719. The van der Waals surface area contributed by atoms with E-state index in [-0.39, 0.29) is 0 Å². The highest BCUT2D eigenvalue weighted by Gasteiger charge is 2.58. The van der Waals surface area contributed by atoms with Crippen molar-refractivity contribution in [3.05, 3.63) is 24.3 Å². The fourth-order valence-corrected chi connectivity index (χ4v) is 3.38. The molecule has 0 N–H and O–H groups in total. The smallest absolute Gasteiger partial charge is 0.00971 e. The fraction of sp³-hybridized carbons (Fsp3) is 0.600. The van der Waals surface area contributed by atoms with Gasteiger partial charge in [-0.2, -0.15) is 0 Å². The van der Waals surface area contributed by atoms with Crippen molar-refractivity contribution in [3.8, 4) is 0 Å². The van der Waals surface area contributed by atoms with Crippen LogP contribution in [0.25, 0.3) is 0 Å². The van der Waals surface area contributed by atoms with E-state index in [0.717, 1.165) is 23.7 Å². The second kappa shape index (κ2) is 1.39. The molecule has 2 atom stereocenters. The molecule has 0 saturated heterocycles. The Morgan fingerprint density at radius 1 is 1.40 bits per heavy atom. The van der Waals surface area contributed by atoms with Crippen LogP contribution >= 0.6 is 0 Å². The summed E-state index contributed by atoms with van der Waals surface area (Å²) in [4.78, 5) is 0. The van der Waals surface area contributed by atoms with Gasteiger partial charge in [0.1, 0.15) is 0 Å². The largest absolute Gasteiger partial charge is 0.0988 e. The van der Waals surface area contributed by atoms with Gasteiger partial charge < -0.3 is 0 Å². The summed E-state index contributed by atoms with van der Waals surface area (Å²) in [6, 6.07) is 0. The maximum Gasteiger partial charge on any atom is -0.00971 e. The first-order valence-electron chi connectivity index (χ1n) is 4.26. The Bertz CT molecular complexity index is 212. The molecule has 5 aliphatic carbocycles. The van der Waals surface area contributed by atoms with Crippen LogP contribution < -0.4 is 0 Å². The normalized spacial score (nSPS) is 54.2. The zero-order valence-corrected chi connectivity index (χ0v) is 6.09. The molecule has 4 bridgehead atoms. The van der Waals surface area contributed by atoms with E-state index in [4.69, 9.17) is 0 Å². The first-order chi connectivity index (χ1) is 4.92. The van der Waals surface area contributed by atoms with Crippen molar-refractivity contribution in [2.75, 3.05) is 0 Å². The third-order valence-electron chi connectivity index (χ3n) is 3.75. The first-order valence-corrected chi connectivity index (χ1v) is 4.26. The number of hydrogen-bond acceptors (Lipinski definition) is 0. The van der Waals surface area contributed by atoms with Crippen molar-refractivity contribution < 1.29 is 0 Å². The van der Waals surface area contributed by atoms with Crippen molar-refractivity contribution in [1.29, 1.82) is 0 Å². The molecule has 0 aromatic carbocycles. The third kappa shape index (κ3) is 0.338. The molecular weight excluding hydrogens is 120 g/mol. The average Bonchev–Trinajstić information content (AvgIpc) is 2.63. The van der Waals surface area contributed by atoms with Gasteiger partial charge in [-0.3, -0.25) is 0 Å². The lowest BCUT2D eigenvalue weighted by molar-refractivity contribution is 0.157. The van der Waals surface area contributed by atoms with Gasteiger partial charge in [-0.15, -0.1) is 0 Å². The van der Waals surface area contributed by atoms with Crippen molar-refractivity contribution >= 4 is 0 Å². The van der Waals surface area contributed by atoms with Gasteiger partial charge in [0.05, 0.1) is 0 Å². The maximum atomic E-state index is 3.85. The molecule has 0 aromatic rings. The van der Waals surface area contributed by atoms with Gasteiger partial charge in [0.2, 0.25) is 0 Å². The molecule has 10 heavy (non-hydrogen) atoms. The van der Waals surface area contributed by atoms with Crippen LogP contribution in [0.1, 0.15) is 12.8 Å². The Morgan fingerprint density at radius 3 is 2.50 bits per heavy atom. The van der Waals surface area contributed by atoms with E-state index in [9.17, 15) is 0 Å². The van der Waals surface area contributed by atoms with Crippen LogP contribution in [0.15, 0.2) is 24.3 Å². The van der Waals surface area contributed by atoms with Crippen molar-refractivity contribution in [2.45, 2.75) is 12.8 Å². The Balaban J connectivity index is 2.03. The molecule has 0 heteroatoms. The Morgan fingerprint density at radius 2 is 2.10 bits per heavy atom. The zero-order valence-electron chi connectivity index (χ0n) is 6.09. The van der Waals surface area contributed by atoms with Crippen LogP contribution in [0.5, 0.6) is 0 Å². The Hall–Kier alpha value is -0.520. The molecule has 3 fully saturated rings. The average molecular weight is 132 g/mol. The van der Waals surface area contributed by atoms with E-state index in [2.05, 4.69) is 18.7 Å². The van der Waals surface area contributed by atoms with Crippen molar-refractivity contribution in [1.82, 2.24) is 0 Å². The van der Waals surface area contributed by atoms with Gasteiger partial charge in [0, 0.05) is 0 Å². The second-order valence-electron chi connectivity index (χ2n) is 3.88. The summed E-state index contributed by atoms with van der Waals surface area (Å²) in [7, 11) is 0. The van der Waals surface area contributed by atoms with E-state index in [1.807, 2.05) is 0 Å². The molecule has 0 amide bonds. The molecule has 52 valence electrons. The van der Waals surface area contributed by atoms with Gasteiger partial charge in [-0.05, 0) is 42.1 Å². The number of allylic oxidation sites excluding steroid dienone is 3. The predicted molar refractivity (Wildman–Crippen MR) is 41.5 cm³/mol. The molecule has 0 radical (unpaired) electrons. The lowest BCUT2D eigenvalue weighted by Gasteiger charge is -2.36. The number of fused-ring (bicyclic) bond motifs is 1. The van der Waals surface area contributed by atoms with E-state index >= 15 is 0 Å². The summed E-state index contributed by atoms with van der Waals surface area (Å²) in [5, 5.41) is 0. The molecule has 0 nitrogen and oxygen atoms in total. The fourth-order valence-electron chi connectivity index (χ4n) is 3.38. The van der Waals surface area contributed by atoms with Crippen LogP contribution in [0, 0.1) is 23.7 Å². The lowest BCUT2D eigenvalue weighted by Crippen LogP contribution is -2.31. The highest BCUT2D eigenvalue weighted by atomic mass is 14.6. The van der Waals surface area contributed by atoms with Gasteiger partial charge in [0.15, 0.2) is 0 Å². The molecule has 0 heterocycles. The minimum Gasteiger partial charge on any atom is -0.0988 e. The zero-order chi connectivity index (χ0) is 6.72. The molecule has 0 aliphatic heterocycles. The SMILES string of the molecule is C=CC1=CC2C3CCC2C13. The molecule has 2 unspecified atom stereocenters.